The normalized spacial score (nSPS) is 14.8. The third-order valence-electron chi connectivity index (χ3n) is 6.57. The van der Waals surface area contributed by atoms with Crippen LogP contribution in [-0.4, -0.2) is 36.4 Å². The highest BCUT2D eigenvalue weighted by molar-refractivity contribution is 5.78. The van der Waals surface area contributed by atoms with Crippen molar-refractivity contribution in [2.75, 3.05) is 24.6 Å². The molecule has 0 bridgehead atoms. The second kappa shape index (κ2) is 11.2. The lowest BCUT2D eigenvalue weighted by molar-refractivity contribution is -0.168. The van der Waals surface area contributed by atoms with Crippen LogP contribution in [0.2, 0.25) is 0 Å². The summed E-state index contributed by atoms with van der Waals surface area (Å²) < 4.78 is 12.0. The fourth-order valence-electron chi connectivity index (χ4n) is 4.51. The highest BCUT2D eigenvalue weighted by Gasteiger charge is 2.38. The van der Waals surface area contributed by atoms with E-state index >= 15 is 0 Å². The van der Waals surface area contributed by atoms with Gasteiger partial charge in [0.25, 0.3) is 0 Å². The number of fused-ring (bicyclic) bond motifs is 1. The van der Waals surface area contributed by atoms with Gasteiger partial charge in [0.1, 0.15) is 12.4 Å². The number of para-hydroxylation sites is 1. The third-order valence-corrected chi connectivity index (χ3v) is 6.57. The minimum absolute atomic E-state index is 0.266. The maximum Gasteiger partial charge on any atom is 0.336 e. The van der Waals surface area contributed by atoms with Crippen molar-refractivity contribution in [3.8, 4) is 5.75 Å². The van der Waals surface area contributed by atoms with Crippen molar-refractivity contribution >= 4 is 11.7 Å². The van der Waals surface area contributed by atoms with Crippen molar-refractivity contribution in [3.05, 3.63) is 95.6 Å². The van der Waals surface area contributed by atoms with Gasteiger partial charge >= 0.3 is 5.97 Å². The van der Waals surface area contributed by atoms with E-state index in [2.05, 4.69) is 29.2 Å². The molecule has 1 atom stereocenters. The Balaban J connectivity index is 1.33. The Morgan fingerprint density at radius 2 is 1.71 bits per heavy atom. The maximum absolute atomic E-state index is 12.2. The Morgan fingerprint density at radius 3 is 2.44 bits per heavy atom. The van der Waals surface area contributed by atoms with Crippen molar-refractivity contribution in [1.82, 2.24) is 0 Å². The molecule has 3 aromatic carbocycles. The van der Waals surface area contributed by atoms with Crippen LogP contribution in [0.25, 0.3) is 0 Å². The minimum Gasteiger partial charge on any atom is -0.492 e. The van der Waals surface area contributed by atoms with Gasteiger partial charge in [-0.1, -0.05) is 67.6 Å². The average Bonchev–Trinajstić information content (AvgIpc) is 2.88. The van der Waals surface area contributed by atoms with Gasteiger partial charge in [-0.2, -0.15) is 0 Å². The van der Waals surface area contributed by atoms with Crippen LogP contribution in [0.1, 0.15) is 36.5 Å². The van der Waals surface area contributed by atoms with Crippen molar-refractivity contribution in [2.45, 2.75) is 44.8 Å². The van der Waals surface area contributed by atoms with Crippen LogP contribution >= 0.6 is 0 Å². The van der Waals surface area contributed by atoms with Crippen molar-refractivity contribution < 1.29 is 19.4 Å². The molecule has 0 aliphatic carbocycles. The Kier molecular flexibility index (Phi) is 7.86. The zero-order valence-corrected chi connectivity index (χ0v) is 19.8. The number of benzene rings is 3. The molecule has 1 aliphatic rings. The van der Waals surface area contributed by atoms with Gasteiger partial charge in [-0.15, -0.1) is 0 Å². The monoisotopic (exact) mass is 459 g/mol. The van der Waals surface area contributed by atoms with E-state index < -0.39 is 11.6 Å². The summed E-state index contributed by atoms with van der Waals surface area (Å²) in [5.74, 6) is -0.148. The van der Waals surface area contributed by atoms with Gasteiger partial charge in [0, 0.05) is 18.7 Å². The van der Waals surface area contributed by atoms with Crippen molar-refractivity contribution in [1.29, 1.82) is 0 Å². The van der Waals surface area contributed by atoms with Gasteiger partial charge in [-0.3, -0.25) is 0 Å². The molecule has 5 heteroatoms. The lowest BCUT2D eigenvalue weighted by Gasteiger charge is -2.31. The molecule has 0 radical (unpaired) electrons. The van der Waals surface area contributed by atoms with Crippen LogP contribution in [0.5, 0.6) is 5.75 Å². The van der Waals surface area contributed by atoms with Crippen molar-refractivity contribution in [3.63, 3.8) is 0 Å². The Labute approximate surface area is 201 Å². The zero-order valence-electron chi connectivity index (χ0n) is 19.8. The SMILES string of the molecule is CCC(Cc1ccc(OCCN2CCCc3ccccc32)cc1)(OCc1ccccc1)C(=O)O. The standard InChI is InChI=1S/C29H33NO4/c1-2-29(28(31)32,34-22-24-9-4-3-5-10-24)21-23-14-16-26(17-15-23)33-20-19-30-18-8-12-25-11-6-7-13-27(25)30/h3-7,9-11,13-17H,2,8,12,18-22H2,1H3,(H,31,32). The molecular formula is C29H33NO4. The first-order valence-corrected chi connectivity index (χ1v) is 12.1. The van der Waals surface area contributed by atoms with Crippen LogP contribution in [0.15, 0.2) is 78.9 Å². The van der Waals surface area contributed by atoms with Crippen molar-refractivity contribution in [2.24, 2.45) is 0 Å². The first-order chi connectivity index (χ1) is 16.6. The largest absolute Gasteiger partial charge is 0.492 e. The summed E-state index contributed by atoms with van der Waals surface area (Å²) in [7, 11) is 0. The number of hydrogen-bond donors (Lipinski definition) is 1. The summed E-state index contributed by atoms with van der Waals surface area (Å²) in [5, 5.41) is 9.97. The zero-order chi connectivity index (χ0) is 23.8. The molecule has 1 aliphatic heterocycles. The minimum atomic E-state index is -1.26. The fraction of sp³-hybridized carbons (Fsp3) is 0.345. The smallest absolute Gasteiger partial charge is 0.336 e. The molecule has 0 amide bonds. The quantitative estimate of drug-likeness (QED) is 0.410. The molecule has 1 N–H and O–H groups in total. The third kappa shape index (κ3) is 5.78. The van der Waals surface area contributed by atoms with E-state index in [0.717, 1.165) is 36.4 Å². The van der Waals surface area contributed by atoms with Crippen LogP contribution in [-0.2, 0) is 29.0 Å². The van der Waals surface area contributed by atoms with Gasteiger partial charge in [0.15, 0.2) is 5.60 Å². The lowest BCUT2D eigenvalue weighted by atomic mass is 9.91. The highest BCUT2D eigenvalue weighted by Crippen LogP contribution is 2.27. The fourth-order valence-corrected chi connectivity index (χ4v) is 4.51. The number of ether oxygens (including phenoxy) is 2. The Hall–Kier alpha value is -3.31. The van der Waals surface area contributed by atoms with Crippen LogP contribution in [0.3, 0.4) is 0 Å². The molecule has 3 aromatic rings. The summed E-state index contributed by atoms with van der Waals surface area (Å²) in [5.41, 5.74) is 3.33. The summed E-state index contributed by atoms with van der Waals surface area (Å²) >= 11 is 0. The molecule has 0 saturated heterocycles. The summed E-state index contributed by atoms with van der Waals surface area (Å²) in [6.07, 6.45) is 2.99. The number of carbonyl (C=O) groups is 1. The second-order valence-electron chi connectivity index (χ2n) is 8.82. The van der Waals surface area contributed by atoms with E-state index in [4.69, 9.17) is 9.47 Å². The molecule has 4 rings (SSSR count). The summed E-state index contributed by atoms with van der Waals surface area (Å²) in [6, 6.07) is 26.0. The molecule has 34 heavy (non-hydrogen) atoms. The molecule has 1 heterocycles. The molecule has 178 valence electrons. The lowest BCUT2D eigenvalue weighted by Crippen LogP contribution is -2.43. The van der Waals surface area contributed by atoms with E-state index in [-0.39, 0.29) is 6.61 Å². The number of carboxylic acids is 1. The topological polar surface area (TPSA) is 59.0 Å². The first kappa shape index (κ1) is 23.8. The van der Waals surface area contributed by atoms with Gasteiger partial charge in [0.2, 0.25) is 0 Å². The number of nitrogens with zero attached hydrogens (tertiary/aromatic N) is 1. The molecule has 1 unspecified atom stereocenters. The van der Waals surface area contributed by atoms with Gasteiger partial charge < -0.3 is 19.5 Å². The van der Waals surface area contributed by atoms with E-state index in [9.17, 15) is 9.90 Å². The average molecular weight is 460 g/mol. The molecule has 0 spiro atoms. The van der Waals surface area contributed by atoms with Crippen LogP contribution in [0.4, 0.5) is 5.69 Å². The molecular weight excluding hydrogens is 426 g/mol. The van der Waals surface area contributed by atoms with Gasteiger partial charge in [-0.25, -0.2) is 4.79 Å². The Bertz CT molecular complexity index is 1070. The predicted molar refractivity (Wildman–Crippen MR) is 135 cm³/mol. The second-order valence-corrected chi connectivity index (χ2v) is 8.82. The number of carboxylic acid groups (broad SMARTS) is 1. The maximum atomic E-state index is 12.2. The first-order valence-electron chi connectivity index (χ1n) is 12.1. The number of hydrogen-bond acceptors (Lipinski definition) is 4. The summed E-state index contributed by atoms with van der Waals surface area (Å²) in [4.78, 5) is 14.6. The number of anilines is 1. The molecule has 0 saturated carbocycles. The number of rotatable bonds is 11. The predicted octanol–water partition coefficient (Wildman–Crippen LogP) is 5.51. The molecule has 0 fully saturated rings. The van der Waals surface area contributed by atoms with E-state index in [1.165, 1.54) is 17.7 Å². The number of aryl methyl sites for hydroxylation is 1. The summed E-state index contributed by atoms with van der Waals surface area (Å²) in [6.45, 7) is 4.61. The van der Waals surface area contributed by atoms with E-state index in [0.29, 0.717) is 19.4 Å². The molecule has 5 nitrogen and oxygen atoms in total. The molecule has 0 aromatic heterocycles. The Morgan fingerprint density at radius 1 is 0.971 bits per heavy atom. The van der Waals surface area contributed by atoms with E-state index in [1.54, 1.807) is 0 Å². The van der Waals surface area contributed by atoms with Crippen LogP contribution < -0.4 is 9.64 Å². The van der Waals surface area contributed by atoms with E-state index in [1.807, 2.05) is 61.5 Å². The number of aliphatic carboxylic acids is 1. The highest BCUT2D eigenvalue weighted by atomic mass is 16.5. The van der Waals surface area contributed by atoms with Crippen LogP contribution in [0, 0.1) is 0 Å². The van der Waals surface area contributed by atoms with Gasteiger partial charge in [-0.05, 0) is 54.2 Å². The van der Waals surface area contributed by atoms with Gasteiger partial charge in [0.05, 0.1) is 13.2 Å².